The summed E-state index contributed by atoms with van der Waals surface area (Å²) in [5.74, 6) is -1.32. The molecule has 21 heavy (non-hydrogen) atoms. The summed E-state index contributed by atoms with van der Waals surface area (Å²) >= 11 is 0. The number of ketones is 2. The third-order valence-electron chi connectivity index (χ3n) is 3.06. The Morgan fingerprint density at radius 1 is 1.10 bits per heavy atom. The molecule has 0 aliphatic heterocycles. The van der Waals surface area contributed by atoms with Crippen LogP contribution in [-0.2, 0) is 0 Å². The van der Waals surface area contributed by atoms with Crippen molar-refractivity contribution in [2.24, 2.45) is 0 Å². The van der Waals surface area contributed by atoms with Crippen molar-refractivity contribution in [2.75, 3.05) is 0 Å². The van der Waals surface area contributed by atoms with Crippen LogP contribution >= 0.6 is 0 Å². The predicted molar refractivity (Wildman–Crippen MR) is 72.7 cm³/mol. The highest BCUT2D eigenvalue weighted by molar-refractivity contribution is 6.15. The largest absolute Gasteiger partial charge is 0.294 e. The second-order valence-corrected chi connectivity index (χ2v) is 4.47. The number of rotatable bonds is 4. The Hall–Kier alpha value is -2.89. The highest BCUT2D eigenvalue weighted by Gasteiger charge is 2.18. The molecule has 5 nitrogen and oxygen atoms in total. The molecule has 0 saturated carbocycles. The molecule has 0 saturated heterocycles. The van der Waals surface area contributed by atoms with Crippen LogP contribution in [-0.4, -0.2) is 26.2 Å². The normalized spacial score (nSPS) is 10.7. The van der Waals surface area contributed by atoms with E-state index in [0.29, 0.717) is 11.1 Å². The molecule has 0 fully saturated rings. The van der Waals surface area contributed by atoms with Gasteiger partial charge >= 0.3 is 0 Å². The van der Waals surface area contributed by atoms with E-state index in [0.717, 1.165) is 12.3 Å². The zero-order chi connectivity index (χ0) is 14.8. The summed E-state index contributed by atoms with van der Waals surface area (Å²) in [4.78, 5) is 27.8. The number of halogens is 1. The third-order valence-corrected chi connectivity index (χ3v) is 3.06. The van der Waals surface area contributed by atoms with Gasteiger partial charge in [0, 0.05) is 6.20 Å². The SMILES string of the molecule is O=C(CC(=O)c1cnn2ccccc12)c1ccc(F)cn1. The average Bonchev–Trinajstić information content (AvgIpc) is 2.92. The van der Waals surface area contributed by atoms with Gasteiger partial charge in [0.05, 0.1) is 29.9 Å². The van der Waals surface area contributed by atoms with Crippen LogP contribution in [0.4, 0.5) is 4.39 Å². The van der Waals surface area contributed by atoms with E-state index in [1.54, 1.807) is 28.9 Å². The number of Topliss-reactive ketones (excluding diaryl/α,β-unsaturated/α-hetero) is 2. The second kappa shape index (κ2) is 5.24. The number of aromatic nitrogens is 3. The van der Waals surface area contributed by atoms with E-state index in [9.17, 15) is 14.0 Å². The fraction of sp³-hybridized carbons (Fsp3) is 0.0667. The summed E-state index contributed by atoms with van der Waals surface area (Å²) in [5, 5.41) is 4.05. The summed E-state index contributed by atoms with van der Waals surface area (Å²) in [5.41, 5.74) is 1.09. The van der Waals surface area contributed by atoms with Crippen molar-refractivity contribution in [3.63, 3.8) is 0 Å². The van der Waals surface area contributed by atoms with Crippen LogP contribution in [0.3, 0.4) is 0 Å². The lowest BCUT2D eigenvalue weighted by atomic mass is 10.1. The van der Waals surface area contributed by atoms with Gasteiger partial charge in [-0.1, -0.05) is 6.07 Å². The average molecular weight is 283 g/mol. The van der Waals surface area contributed by atoms with Crippen molar-refractivity contribution in [3.05, 3.63) is 66.0 Å². The van der Waals surface area contributed by atoms with Crippen LogP contribution < -0.4 is 0 Å². The third kappa shape index (κ3) is 2.55. The first-order valence-electron chi connectivity index (χ1n) is 6.25. The van der Waals surface area contributed by atoms with Gasteiger partial charge in [0.25, 0.3) is 0 Å². The molecule has 3 aromatic rings. The molecule has 6 heteroatoms. The maximum atomic E-state index is 12.8. The summed E-state index contributed by atoms with van der Waals surface area (Å²) in [6.45, 7) is 0. The van der Waals surface area contributed by atoms with Crippen LogP contribution in [0.2, 0.25) is 0 Å². The molecular weight excluding hydrogens is 273 g/mol. The van der Waals surface area contributed by atoms with E-state index in [1.165, 1.54) is 12.3 Å². The molecule has 3 aromatic heterocycles. The quantitative estimate of drug-likeness (QED) is 0.544. The number of hydrogen-bond donors (Lipinski definition) is 0. The summed E-state index contributed by atoms with van der Waals surface area (Å²) in [6.07, 6.45) is 3.78. The summed E-state index contributed by atoms with van der Waals surface area (Å²) in [7, 11) is 0. The minimum Gasteiger partial charge on any atom is -0.294 e. The molecule has 0 radical (unpaired) electrons. The van der Waals surface area contributed by atoms with Crippen molar-refractivity contribution in [2.45, 2.75) is 6.42 Å². The zero-order valence-electron chi connectivity index (χ0n) is 10.9. The molecule has 3 rings (SSSR count). The van der Waals surface area contributed by atoms with E-state index in [2.05, 4.69) is 10.1 Å². The lowest BCUT2D eigenvalue weighted by molar-refractivity contribution is 0.0892. The minimum absolute atomic E-state index is 0.0706. The topological polar surface area (TPSA) is 64.3 Å². The number of carbonyl (C=O) groups excluding carboxylic acids is 2. The summed E-state index contributed by atoms with van der Waals surface area (Å²) < 4.78 is 14.3. The zero-order valence-corrected chi connectivity index (χ0v) is 10.9. The molecular formula is C15H10FN3O2. The molecule has 0 spiro atoms. The maximum Gasteiger partial charge on any atom is 0.188 e. The number of fused-ring (bicyclic) bond motifs is 1. The van der Waals surface area contributed by atoms with Gasteiger partial charge < -0.3 is 0 Å². The molecule has 0 aromatic carbocycles. The van der Waals surface area contributed by atoms with Gasteiger partial charge in [0.1, 0.15) is 11.5 Å². The molecule has 0 amide bonds. The Balaban J connectivity index is 1.83. The van der Waals surface area contributed by atoms with Crippen LogP contribution in [0.1, 0.15) is 27.3 Å². The van der Waals surface area contributed by atoms with Gasteiger partial charge in [0.15, 0.2) is 11.6 Å². The van der Waals surface area contributed by atoms with Gasteiger partial charge in [-0.2, -0.15) is 5.10 Å². The van der Waals surface area contributed by atoms with Gasteiger partial charge in [-0.3, -0.25) is 14.6 Å². The molecule has 3 heterocycles. The van der Waals surface area contributed by atoms with E-state index < -0.39 is 11.6 Å². The lowest BCUT2D eigenvalue weighted by Crippen LogP contribution is -2.10. The van der Waals surface area contributed by atoms with Gasteiger partial charge in [-0.05, 0) is 24.3 Å². The highest BCUT2D eigenvalue weighted by Crippen LogP contribution is 2.13. The fourth-order valence-corrected chi connectivity index (χ4v) is 2.02. The molecule has 0 atom stereocenters. The Bertz CT molecular complexity index is 824. The Morgan fingerprint density at radius 3 is 2.71 bits per heavy atom. The number of pyridine rings is 2. The molecule has 0 aliphatic rings. The van der Waals surface area contributed by atoms with Gasteiger partial charge in [0.2, 0.25) is 0 Å². The molecule has 0 N–H and O–H groups in total. The van der Waals surface area contributed by atoms with Crippen LogP contribution in [0.15, 0.2) is 48.9 Å². The van der Waals surface area contributed by atoms with E-state index >= 15 is 0 Å². The van der Waals surface area contributed by atoms with Crippen molar-refractivity contribution in [3.8, 4) is 0 Å². The number of carbonyl (C=O) groups is 2. The van der Waals surface area contributed by atoms with E-state index in [1.807, 2.05) is 0 Å². The highest BCUT2D eigenvalue weighted by atomic mass is 19.1. The maximum absolute atomic E-state index is 12.8. The first-order valence-corrected chi connectivity index (χ1v) is 6.25. The number of nitrogens with zero attached hydrogens (tertiary/aromatic N) is 3. The first kappa shape index (κ1) is 13.1. The molecule has 0 aliphatic carbocycles. The Morgan fingerprint density at radius 2 is 1.95 bits per heavy atom. The molecule has 0 unspecified atom stereocenters. The summed E-state index contributed by atoms with van der Waals surface area (Å²) in [6, 6.07) is 7.74. The smallest absolute Gasteiger partial charge is 0.188 e. The molecule has 104 valence electrons. The Kier molecular flexibility index (Phi) is 3.27. The monoisotopic (exact) mass is 283 g/mol. The van der Waals surface area contributed by atoms with Gasteiger partial charge in [-0.25, -0.2) is 8.91 Å². The molecule has 0 bridgehead atoms. The van der Waals surface area contributed by atoms with E-state index in [4.69, 9.17) is 0 Å². The minimum atomic E-state index is -0.527. The Labute approximate surface area is 119 Å². The van der Waals surface area contributed by atoms with Crippen LogP contribution in [0.5, 0.6) is 0 Å². The van der Waals surface area contributed by atoms with Crippen molar-refractivity contribution in [1.29, 1.82) is 0 Å². The van der Waals surface area contributed by atoms with Gasteiger partial charge in [-0.15, -0.1) is 0 Å². The predicted octanol–water partition coefficient (Wildman–Crippen LogP) is 2.32. The van der Waals surface area contributed by atoms with Crippen molar-refractivity contribution in [1.82, 2.24) is 14.6 Å². The first-order chi connectivity index (χ1) is 10.1. The van der Waals surface area contributed by atoms with Crippen molar-refractivity contribution < 1.29 is 14.0 Å². The van der Waals surface area contributed by atoms with Crippen molar-refractivity contribution >= 4 is 17.1 Å². The standard InChI is InChI=1S/C15H10FN3O2/c16-10-4-5-12(17-8-10)15(21)7-14(20)11-9-18-19-6-2-1-3-13(11)19/h1-6,8-9H,7H2. The fourth-order valence-electron chi connectivity index (χ4n) is 2.02. The lowest BCUT2D eigenvalue weighted by Gasteiger charge is -2.00. The second-order valence-electron chi connectivity index (χ2n) is 4.47. The number of hydrogen-bond acceptors (Lipinski definition) is 4. The van der Waals surface area contributed by atoms with Crippen LogP contribution in [0, 0.1) is 5.82 Å². The van der Waals surface area contributed by atoms with E-state index in [-0.39, 0.29) is 17.9 Å². The van der Waals surface area contributed by atoms with Crippen LogP contribution in [0.25, 0.3) is 5.52 Å².